The van der Waals surface area contributed by atoms with Gasteiger partial charge in [-0.3, -0.25) is 4.79 Å². The Hall–Kier alpha value is -2.31. The molecule has 0 bridgehead atoms. The van der Waals surface area contributed by atoms with Crippen LogP contribution in [0.2, 0.25) is 5.02 Å². The molecule has 1 aliphatic heterocycles. The summed E-state index contributed by atoms with van der Waals surface area (Å²) >= 11 is 7.74. The quantitative estimate of drug-likeness (QED) is 0.612. The first-order chi connectivity index (χ1) is 13.7. The maximum absolute atomic E-state index is 13.0. The van der Waals surface area contributed by atoms with E-state index in [0.717, 1.165) is 36.5 Å². The van der Waals surface area contributed by atoms with E-state index in [9.17, 15) is 4.79 Å². The predicted octanol–water partition coefficient (Wildman–Crippen LogP) is 4.70. The van der Waals surface area contributed by atoms with Gasteiger partial charge in [-0.15, -0.1) is 5.10 Å². The summed E-state index contributed by atoms with van der Waals surface area (Å²) in [7, 11) is 0. The van der Waals surface area contributed by atoms with Crippen LogP contribution in [0.1, 0.15) is 31.0 Å². The third-order valence-corrected chi connectivity index (χ3v) is 6.53. The van der Waals surface area contributed by atoms with Gasteiger partial charge in [-0.25, -0.2) is 9.67 Å². The van der Waals surface area contributed by atoms with Gasteiger partial charge in [0.1, 0.15) is 5.82 Å². The molecule has 1 unspecified atom stereocenters. The van der Waals surface area contributed by atoms with Gasteiger partial charge in [-0.2, -0.15) is 0 Å². The molecule has 1 atom stereocenters. The number of benzene rings is 2. The van der Waals surface area contributed by atoms with Gasteiger partial charge < -0.3 is 4.90 Å². The summed E-state index contributed by atoms with van der Waals surface area (Å²) in [6.45, 7) is 0.662. The van der Waals surface area contributed by atoms with Crippen molar-refractivity contribution >= 4 is 35.0 Å². The number of hydrogen-bond acceptors (Lipinski definition) is 4. The molecular weight excluding hydrogens is 392 g/mol. The van der Waals surface area contributed by atoms with Crippen LogP contribution in [0.3, 0.4) is 0 Å². The van der Waals surface area contributed by atoms with Crippen molar-refractivity contribution in [3.8, 4) is 5.69 Å². The van der Waals surface area contributed by atoms with Crippen LogP contribution in [0, 0.1) is 0 Å². The Bertz CT molecular complexity index is 1020. The minimum atomic E-state index is -0.185. The Morgan fingerprint density at radius 2 is 1.75 bits per heavy atom. The zero-order chi connectivity index (χ0) is 19.1. The average molecular weight is 411 g/mol. The van der Waals surface area contributed by atoms with Crippen molar-refractivity contribution in [1.29, 1.82) is 0 Å². The largest absolute Gasteiger partial charge is 0.310 e. The van der Waals surface area contributed by atoms with E-state index in [0.29, 0.717) is 22.6 Å². The number of thioether (sulfide) groups is 1. The van der Waals surface area contributed by atoms with Gasteiger partial charge in [0.15, 0.2) is 0 Å². The molecule has 2 fully saturated rings. The van der Waals surface area contributed by atoms with E-state index in [1.165, 1.54) is 11.8 Å². The summed E-state index contributed by atoms with van der Waals surface area (Å²) in [5.74, 6) is 1.55. The first kappa shape index (κ1) is 17.8. The number of aromatic nitrogens is 3. The van der Waals surface area contributed by atoms with Gasteiger partial charge in [0.2, 0.25) is 11.1 Å². The smallest absolute Gasteiger partial charge is 0.240 e. The molecule has 2 aliphatic rings. The van der Waals surface area contributed by atoms with Crippen molar-refractivity contribution < 1.29 is 4.79 Å². The molecule has 5 nitrogen and oxygen atoms in total. The number of carbonyl (C=O) groups excluding carboxylic acids is 1. The van der Waals surface area contributed by atoms with E-state index in [2.05, 4.69) is 0 Å². The van der Waals surface area contributed by atoms with Gasteiger partial charge in [0.25, 0.3) is 0 Å². The van der Waals surface area contributed by atoms with Gasteiger partial charge in [-0.05, 0) is 43.5 Å². The number of rotatable bonds is 5. The molecule has 3 aromatic rings. The highest BCUT2D eigenvalue weighted by Crippen LogP contribution is 2.41. The van der Waals surface area contributed by atoms with E-state index in [1.54, 1.807) is 4.90 Å². The van der Waals surface area contributed by atoms with E-state index in [4.69, 9.17) is 21.7 Å². The molecule has 1 aromatic heterocycles. The Kier molecular flexibility index (Phi) is 4.61. The fraction of sp³-hybridized carbons (Fsp3) is 0.286. The molecule has 2 aromatic carbocycles. The molecule has 1 amide bonds. The zero-order valence-corrected chi connectivity index (χ0v) is 16.7. The Morgan fingerprint density at radius 1 is 1.00 bits per heavy atom. The van der Waals surface area contributed by atoms with Crippen LogP contribution in [0.5, 0.6) is 0 Å². The number of para-hydroxylation sites is 2. The van der Waals surface area contributed by atoms with Gasteiger partial charge in [-0.1, -0.05) is 53.7 Å². The Labute approximate surface area is 172 Å². The number of carbonyl (C=O) groups is 1. The van der Waals surface area contributed by atoms with Gasteiger partial charge >= 0.3 is 0 Å². The molecule has 7 heteroatoms. The SMILES string of the molecule is O=C1C(Sc2nc(C3CC3)n(-c3ccccc3)n2)CCN1c1ccccc1Cl. The number of hydrogen-bond donors (Lipinski definition) is 0. The minimum Gasteiger partial charge on any atom is -0.310 e. The molecular formula is C21H19ClN4OS. The molecule has 0 N–H and O–H groups in total. The van der Waals surface area contributed by atoms with Crippen LogP contribution in [0.25, 0.3) is 5.69 Å². The van der Waals surface area contributed by atoms with Crippen molar-refractivity contribution in [1.82, 2.24) is 14.8 Å². The van der Waals surface area contributed by atoms with Crippen LogP contribution in [-0.4, -0.2) is 32.5 Å². The summed E-state index contributed by atoms with van der Waals surface area (Å²) in [6, 6.07) is 17.6. The van der Waals surface area contributed by atoms with Crippen LogP contribution >= 0.6 is 23.4 Å². The molecule has 0 radical (unpaired) electrons. The normalized spacial score (nSPS) is 19.4. The van der Waals surface area contributed by atoms with E-state index >= 15 is 0 Å². The maximum atomic E-state index is 13.0. The number of amides is 1. The summed E-state index contributed by atoms with van der Waals surface area (Å²) in [5, 5.41) is 5.81. The van der Waals surface area contributed by atoms with E-state index in [1.807, 2.05) is 59.3 Å². The van der Waals surface area contributed by atoms with Crippen molar-refractivity contribution in [3.05, 3.63) is 65.4 Å². The lowest BCUT2D eigenvalue weighted by atomic mass is 10.3. The van der Waals surface area contributed by atoms with Crippen LogP contribution in [-0.2, 0) is 4.79 Å². The standard InChI is InChI=1S/C21H19ClN4OS/c22-16-8-4-5-9-17(16)25-13-12-18(20(25)27)28-21-23-19(14-10-11-14)26(24-21)15-6-2-1-3-7-15/h1-9,14,18H,10-13H2. The summed E-state index contributed by atoms with van der Waals surface area (Å²) in [6.07, 6.45) is 3.06. The Balaban J connectivity index is 1.38. The number of halogens is 1. The fourth-order valence-corrected chi connectivity index (χ4v) is 4.74. The fourth-order valence-electron chi connectivity index (χ4n) is 3.52. The summed E-state index contributed by atoms with van der Waals surface area (Å²) < 4.78 is 1.94. The van der Waals surface area contributed by atoms with Crippen LogP contribution in [0.4, 0.5) is 5.69 Å². The molecule has 1 saturated carbocycles. The lowest BCUT2D eigenvalue weighted by Crippen LogP contribution is -2.28. The highest BCUT2D eigenvalue weighted by molar-refractivity contribution is 8.00. The second kappa shape index (κ2) is 7.26. The zero-order valence-electron chi connectivity index (χ0n) is 15.2. The monoisotopic (exact) mass is 410 g/mol. The number of nitrogens with zero attached hydrogens (tertiary/aromatic N) is 4. The van der Waals surface area contributed by atoms with Crippen molar-refractivity contribution in [3.63, 3.8) is 0 Å². The predicted molar refractivity (Wildman–Crippen MR) is 111 cm³/mol. The second-order valence-electron chi connectivity index (χ2n) is 7.11. The highest BCUT2D eigenvalue weighted by atomic mass is 35.5. The third kappa shape index (κ3) is 3.31. The van der Waals surface area contributed by atoms with Crippen LogP contribution < -0.4 is 4.90 Å². The molecule has 0 spiro atoms. The maximum Gasteiger partial charge on any atom is 0.240 e. The molecule has 1 aliphatic carbocycles. The van der Waals surface area contributed by atoms with Gasteiger partial charge in [0, 0.05) is 12.5 Å². The van der Waals surface area contributed by atoms with Gasteiger partial charge in [0.05, 0.1) is 21.6 Å². The van der Waals surface area contributed by atoms with Crippen molar-refractivity contribution in [2.24, 2.45) is 0 Å². The lowest BCUT2D eigenvalue weighted by Gasteiger charge is -2.17. The first-order valence-corrected chi connectivity index (χ1v) is 10.7. The second-order valence-corrected chi connectivity index (χ2v) is 8.69. The molecule has 2 heterocycles. The third-order valence-electron chi connectivity index (χ3n) is 5.10. The summed E-state index contributed by atoms with van der Waals surface area (Å²) in [5.41, 5.74) is 1.79. The molecule has 1 saturated heterocycles. The Morgan fingerprint density at radius 3 is 2.50 bits per heavy atom. The minimum absolute atomic E-state index is 0.0714. The van der Waals surface area contributed by atoms with E-state index < -0.39 is 0 Å². The first-order valence-electron chi connectivity index (χ1n) is 9.45. The summed E-state index contributed by atoms with van der Waals surface area (Å²) in [4.78, 5) is 19.5. The topological polar surface area (TPSA) is 51.0 Å². The van der Waals surface area contributed by atoms with E-state index in [-0.39, 0.29) is 11.2 Å². The lowest BCUT2D eigenvalue weighted by molar-refractivity contribution is -0.116. The van der Waals surface area contributed by atoms with Crippen molar-refractivity contribution in [2.45, 2.75) is 35.6 Å². The number of anilines is 1. The molecule has 28 heavy (non-hydrogen) atoms. The molecule has 142 valence electrons. The van der Waals surface area contributed by atoms with Crippen molar-refractivity contribution in [2.75, 3.05) is 11.4 Å². The highest BCUT2D eigenvalue weighted by Gasteiger charge is 2.36. The molecule has 5 rings (SSSR count). The van der Waals surface area contributed by atoms with Crippen LogP contribution in [0.15, 0.2) is 59.8 Å². The average Bonchev–Trinajstić information content (AvgIpc) is 3.39.